The summed E-state index contributed by atoms with van der Waals surface area (Å²) in [7, 11) is -2.33. The maximum absolute atomic E-state index is 12.4. The Morgan fingerprint density at radius 3 is 2.73 bits per heavy atom. The molecule has 1 N–H and O–H groups in total. The van der Waals surface area contributed by atoms with Gasteiger partial charge >= 0.3 is 0 Å². The van der Waals surface area contributed by atoms with Crippen LogP contribution in [-0.4, -0.2) is 25.7 Å². The molecule has 7 nitrogen and oxygen atoms in total. The fraction of sp³-hybridized carbons (Fsp3) is 0.176. The first kappa shape index (κ1) is 18.4. The van der Waals surface area contributed by atoms with E-state index in [0.29, 0.717) is 11.6 Å². The Kier molecular flexibility index (Phi) is 5.26. The summed E-state index contributed by atoms with van der Waals surface area (Å²) in [6, 6.07) is 11.8. The first-order valence-corrected chi connectivity index (χ1v) is 9.48. The van der Waals surface area contributed by atoms with Gasteiger partial charge < -0.3 is 9.26 Å². The zero-order valence-electron chi connectivity index (χ0n) is 14.1. The molecular weight excluding hydrogens is 378 g/mol. The fourth-order valence-electron chi connectivity index (χ4n) is 2.28. The van der Waals surface area contributed by atoms with E-state index in [-0.39, 0.29) is 22.4 Å². The molecule has 0 aliphatic rings. The number of hydrogen-bond acceptors (Lipinski definition) is 6. The first-order valence-electron chi connectivity index (χ1n) is 7.62. The molecular formula is C17H16ClN3O4S. The van der Waals surface area contributed by atoms with Crippen molar-refractivity contribution in [2.75, 3.05) is 7.11 Å². The minimum absolute atomic E-state index is 0.0155. The summed E-state index contributed by atoms with van der Waals surface area (Å²) < 4.78 is 37.3. The summed E-state index contributed by atoms with van der Waals surface area (Å²) >= 11 is 5.98. The molecule has 0 atom stereocenters. The first-order chi connectivity index (χ1) is 12.4. The van der Waals surface area contributed by atoms with Crippen LogP contribution in [0, 0.1) is 6.92 Å². The zero-order chi connectivity index (χ0) is 18.7. The number of nitrogens with zero attached hydrogens (tertiary/aromatic N) is 2. The van der Waals surface area contributed by atoms with Crippen LogP contribution >= 0.6 is 11.6 Å². The maximum Gasteiger partial charge on any atom is 0.242 e. The molecule has 26 heavy (non-hydrogen) atoms. The number of halogens is 1. The molecule has 0 radical (unpaired) electrons. The van der Waals surface area contributed by atoms with Gasteiger partial charge in [-0.3, -0.25) is 0 Å². The van der Waals surface area contributed by atoms with Crippen molar-refractivity contribution >= 4 is 21.6 Å². The van der Waals surface area contributed by atoms with Crippen molar-refractivity contribution in [3.63, 3.8) is 0 Å². The number of aromatic nitrogens is 2. The van der Waals surface area contributed by atoms with E-state index in [2.05, 4.69) is 14.9 Å². The summed E-state index contributed by atoms with van der Waals surface area (Å²) in [5.41, 5.74) is 1.86. The number of methoxy groups -OCH3 is 1. The van der Waals surface area contributed by atoms with Gasteiger partial charge in [0, 0.05) is 5.56 Å². The second-order valence-corrected chi connectivity index (χ2v) is 7.68. The van der Waals surface area contributed by atoms with Crippen molar-refractivity contribution < 1.29 is 17.7 Å². The van der Waals surface area contributed by atoms with Crippen molar-refractivity contribution in [1.82, 2.24) is 14.9 Å². The Balaban J connectivity index is 1.73. The minimum atomic E-state index is -3.79. The van der Waals surface area contributed by atoms with Crippen LogP contribution in [0.4, 0.5) is 0 Å². The fourth-order valence-corrected chi connectivity index (χ4v) is 3.61. The van der Waals surface area contributed by atoms with Gasteiger partial charge in [0.15, 0.2) is 0 Å². The van der Waals surface area contributed by atoms with Crippen LogP contribution in [0.5, 0.6) is 5.75 Å². The van der Waals surface area contributed by atoms with Gasteiger partial charge in [-0.2, -0.15) is 4.98 Å². The van der Waals surface area contributed by atoms with Crippen LogP contribution < -0.4 is 9.46 Å². The quantitative estimate of drug-likeness (QED) is 0.691. The van der Waals surface area contributed by atoms with E-state index in [1.54, 1.807) is 0 Å². The van der Waals surface area contributed by atoms with E-state index in [9.17, 15) is 8.42 Å². The molecule has 1 aromatic heterocycles. The number of nitrogens with one attached hydrogen (secondary N) is 1. The van der Waals surface area contributed by atoms with Crippen LogP contribution in [0.2, 0.25) is 5.02 Å². The lowest BCUT2D eigenvalue weighted by molar-refractivity contribution is 0.376. The van der Waals surface area contributed by atoms with Gasteiger partial charge in [-0.1, -0.05) is 40.5 Å². The number of aryl methyl sites for hydroxylation is 1. The van der Waals surface area contributed by atoms with Gasteiger partial charge in [-0.25, -0.2) is 13.1 Å². The molecule has 0 unspecified atom stereocenters. The molecule has 9 heteroatoms. The van der Waals surface area contributed by atoms with Gasteiger partial charge in [0.1, 0.15) is 5.75 Å². The Labute approximate surface area is 156 Å². The second kappa shape index (κ2) is 7.45. The highest BCUT2D eigenvalue weighted by Crippen LogP contribution is 2.27. The van der Waals surface area contributed by atoms with E-state index in [0.717, 1.165) is 11.1 Å². The number of sulfonamides is 1. The SMILES string of the molecule is COc1ccc(S(=O)(=O)NCc2nc(-c3cccc(C)c3)no2)cc1Cl. The average Bonchev–Trinajstić information content (AvgIpc) is 3.09. The molecule has 3 rings (SSSR count). The van der Waals surface area contributed by atoms with Crippen LogP contribution in [0.3, 0.4) is 0 Å². The van der Waals surface area contributed by atoms with Crippen molar-refractivity contribution in [2.24, 2.45) is 0 Å². The monoisotopic (exact) mass is 393 g/mol. The molecule has 0 spiro atoms. The van der Waals surface area contributed by atoms with Crippen LogP contribution in [0.1, 0.15) is 11.5 Å². The minimum Gasteiger partial charge on any atom is -0.495 e. The summed E-state index contributed by atoms with van der Waals surface area (Å²) in [5, 5.41) is 4.08. The van der Waals surface area contributed by atoms with Gasteiger partial charge in [-0.15, -0.1) is 0 Å². The third kappa shape index (κ3) is 4.04. The summed E-state index contributed by atoms with van der Waals surface area (Å²) in [5.74, 6) is 0.949. The van der Waals surface area contributed by atoms with E-state index in [1.807, 2.05) is 31.2 Å². The van der Waals surface area contributed by atoms with Gasteiger partial charge in [-0.05, 0) is 31.2 Å². The Morgan fingerprint density at radius 2 is 2.04 bits per heavy atom. The molecule has 1 heterocycles. The number of ether oxygens (including phenoxy) is 1. The zero-order valence-corrected chi connectivity index (χ0v) is 15.6. The highest BCUT2D eigenvalue weighted by molar-refractivity contribution is 7.89. The maximum atomic E-state index is 12.4. The smallest absolute Gasteiger partial charge is 0.242 e. The molecule has 0 fully saturated rings. The molecule has 0 saturated heterocycles. The van der Waals surface area contributed by atoms with Crippen molar-refractivity contribution in [1.29, 1.82) is 0 Å². The molecule has 0 aliphatic carbocycles. The summed E-state index contributed by atoms with van der Waals surface area (Å²) in [4.78, 5) is 4.23. The van der Waals surface area contributed by atoms with Gasteiger partial charge in [0.25, 0.3) is 0 Å². The summed E-state index contributed by atoms with van der Waals surface area (Å²) in [6.07, 6.45) is 0. The van der Waals surface area contributed by atoms with Crippen molar-refractivity contribution in [3.05, 3.63) is 58.9 Å². The third-order valence-electron chi connectivity index (χ3n) is 3.59. The Bertz CT molecular complexity index is 1030. The molecule has 2 aromatic carbocycles. The Morgan fingerprint density at radius 1 is 1.23 bits per heavy atom. The Hall–Kier alpha value is -2.42. The highest BCUT2D eigenvalue weighted by atomic mass is 35.5. The largest absolute Gasteiger partial charge is 0.495 e. The predicted molar refractivity (Wildman–Crippen MR) is 96.5 cm³/mol. The van der Waals surface area contributed by atoms with Crippen LogP contribution in [0.15, 0.2) is 51.9 Å². The van der Waals surface area contributed by atoms with E-state index >= 15 is 0 Å². The van der Waals surface area contributed by atoms with Crippen LogP contribution in [-0.2, 0) is 16.6 Å². The molecule has 3 aromatic rings. The normalized spacial score (nSPS) is 11.5. The van der Waals surface area contributed by atoms with Crippen molar-refractivity contribution in [2.45, 2.75) is 18.4 Å². The predicted octanol–water partition coefficient (Wildman–Crippen LogP) is 3.19. The molecule has 0 bridgehead atoms. The topological polar surface area (TPSA) is 94.3 Å². The lowest BCUT2D eigenvalue weighted by Gasteiger charge is -2.07. The van der Waals surface area contributed by atoms with Crippen LogP contribution in [0.25, 0.3) is 11.4 Å². The molecule has 0 saturated carbocycles. The highest BCUT2D eigenvalue weighted by Gasteiger charge is 2.18. The molecule has 0 amide bonds. The van der Waals surface area contributed by atoms with E-state index in [4.69, 9.17) is 20.9 Å². The van der Waals surface area contributed by atoms with E-state index < -0.39 is 10.0 Å². The van der Waals surface area contributed by atoms with Gasteiger partial charge in [0.05, 0.1) is 23.6 Å². The molecule has 136 valence electrons. The van der Waals surface area contributed by atoms with Gasteiger partial charge in [0.2, 0.25) is 21.7 Å². The summed E-state index contributed by atoms with van der Waals surface area (Å²) in [6.45, 7) is 1.82. The number of hydrogen-bond donors (Lipinski definition) is 1. The number of benzene rings is 2. The lowest BCUT2D eigenvalue weighted by atomic mass is 10.1. The van der Waals surface area contributed by atoms with E-state index in [1.165, 1.54) is 25.3 Å². The lowest BCUT2D eigenvalue weighted by Crippen LogP contribution is -2.23. The number of rotatable bonds is 6. The third-order valence-corrected chi connectivity index (χ3v) is 5.29. The van der Waals surface area contributed by atoms with Crippen molar-refractivity contribution in [3.8, 4) is 17.1 Å². The standard InChI is InChI=1S/C17H16ClN3O4S/c1-11-4-3-5-12(8-11)17-20-16(25-21-17)10-19-26(22,23)13-6-7-15(24-2)14(18)9-13/h3-9,19H,10H2,1-2H3. The average molecular weight is 394 g/mol. The molecule has 0 aliphatic heterocycles. The second-order valence-electron chi connectivity index (χ2n) is 5.50.